The summed E-state index contributed by atoms with van der Waals surface area (Å²) in [5.74, 6) is -0.649. The number of rotatable bonds is 3. The van der Waals surface area contributed by atoms with E-state index < -0.39 is 11.6 Å². The van der Waals surface area contributed by atoms with E-state index in [4.69, 9.17) is 11.6 Å². The number of halogens is 3. The zero-order valence-corrected chi connectivity index (χ0v) is 11.5. The molecule has 0 saturated heterocycles. The molecule has 0 spiro atoms. The van der Waals surface area contributed by atoms with Crippen molar-refractivity contribution in [1.82, 2.24) is 0 Å². The third kappa shape index (κ3) is 2.78. The van der Waals surface area contributed by atoms with Gasteiger partial charge in [-0.2, -0.15) is 0 Å². The fourth-order valence-electron chi connectivity index (χ4n) is 2.59. The molecular formula is C16H14ClF2N. The second-order valence-corrected chi connectivity index (χ2v) is 5.63. The van der Waals surface area contributed by atoms with Gasteiger partial charge in [-0.25, -0.2) is 8.78 Å². The third-order valence-electron chi connectivity index (χ3n) is 3.75. The van der Waals surface area contributed by atoms with Crippen LogP contribution in [0.1, 0.15) is 24.3 Å². The Balaban J connectivity index is 1.61. The van der Waals surface area contributed by atoms with Crippen molar-refractivity contribution in [2.45, 2.75) is 24.8 Å². The van der Waals surface area contributed by atoms with Crippen LogP contribution in [0.15, 0.2) is 42.5 Å². The lowest BCUT2D eigenvalue weighted by Crippen LogP contribution is -2.34. The molecule has 3 rings (SSSR count). The summed E-state index contributed by atoms with van der Waals surface area (Å²) in [4.78, 5) is 0. The van der Waals surface area contributed by atoms with Crippen LogP contribution >= 0.6 is 11.6 Å². The van der Waals surface area contributed by atoms with Gasteiger partial charge in [-0.1, -0.05) is 23.7 Å². The molecule has 104 valence electrons. The predicted octanol–water partition coefficient (Wildman–Crippen LogP) is 4.98. The van der Waals surface area contributed by atoms with Gasteiger partial charge >= 0.3 is 0 Å². The highest BCUT2D eigenvalue weighted by atomic mass is 35.5. The molecule has 1 aliphatic carbocycles. The van der Waals surface area contributed by atoms with Gasteiger partial charge in [0.25, 0.3) is 0 Å². The van der Waals surface area contributed by atoms with Crippen LogP contribution in [-0.2, 0) is 0 Å². The molecule has 0 unspecified atom stereocenters. The van der Waals surface area contributed by atoms with Gasteiger partial charge in [0.05, 0.1) is 5.69 Å². The lowest BCUT2D eigenvalue weighted by atomic mass is 9.76. The van der Waals surface area contributed by atoms with Crippen LogP contribution in [0.2, 0.25) is 5.02 Å². The van der Waals surface area contributed by atoms with E-state index in [1.165, 1.54) is 17.7 Å². The van der Waals surface area contributed by atoms with Gasteiger partial charge in [0.1, 0.15) is 11.6 Å². The minimum absolute atomic E-state index is 0.221. The van der Waals surface area contributed by atoms with Crippen molar-refractivity contribution in [3.8, 4) is 0 Å². The minimum atomic E-state index is -0.557. The van der Waals surface area contributed by atoms with Crippen LogP contribution in [0.4, 0.5) is 14.5 Å². The molecule has 1 N–H and O–H groups in total. The van der Waals surface area contributed by atoms with E-state index in [1.807, 2.05) is 18.2 Å². The van der Waals surface area contributed by atoms with E-state index in [0.717, 1.165) is 23.9 Å². The number of anilines is 1. The maximum absolute atomic E-state index is 13.5. The van der Waals surface area contributed by atoms with Crippen molar-refractivity contribution < 1.29 is 8.78 Å². The van der Waals surface area contributed by atoms with Crippen LogP contribution in [0.25, 0.3) is 0 Å². The summed E-state index contributed by atoms with van der Waals surface area (Å²) in [5, 5.41) is 3.85. The van der Waals surface area contributed by atoms with Gasteiger partial charge < -0.3 is 5.32 Å². The largest absolute Gasteiger partial charge is 0.380 e. The van der Waals surface area contributed by atoms with E-state index in [0.29, 0.717) is 11.6 Å². The molecule has 0 heterocycles. The molecule has 0 radical (unpaired) electrons. The van der Waals surface area contributed by atoms with Crippen LogP contribution in [0, 0.1) is 11.6 Å². The smallest absolute Gasteiger partial charge is 0.149 e. The molecule has 0 aliphatic heterocycles. The van der Waals surface area contributed by atoms with Crippen LogP contribution in [-0.4, -0.2) is 6.04 Å². The summed E-state index contributed by atoms with van der Waals surface area (Å²) in [6.45, 7) is 0. The molecule has 1 saturated carbocycles. The second-order valence-electron chi connectivity index (χ2n) is 5.19. The van der Waals surface area contributed by atoms with Gasteiger partial charge in [0.15, 0.2) is 0 Å². The fraction of sp³-hybridized carbons (Fsp3) is 0.250. The van der Waals surface area contributed by atoms with Gasteiger partial charge in [-0.3, -0.25) is 0 Å². The molecule has 2 aromatic carbocycles. The molecule has 2 aromatic rings. The Morgan fingerprint density at radius 1 is 1.05 bits per heavy atom. The first kappa shape index (κ1) is 13.4. The van der Waals surface area contributed by atoms with Crippen LogP contribution < -0.4 is 5.32 Å². The van der Waals surface area contributed by atoms with E-state index >= 15 is 0 Å². The van der Waals surface area contributed by atoms with Gasteiger partial charge in [0.2, 0.25) is 0 Å². The van der Waals surface area contributed by atoms with Gasteiger partial charge in [-0.15, -0.1) is 0 Å². The lowest BCUT2D eigenvalue weighted by Gasteiger charge is -2.37. The van der Waals surface area contributed by atoms with Crippen molar-refractivity contribution in [1.29, 1.82) is 0 Å². The van der Waals surface area contributed by atoms with E-state index in [9.17, 15) is 8.78 Å². The Morgan fingerprint density at radius 3 is 2.55 bits per heavy atom. The van der Waals surface area contributed by atoms with Crippen LogP contribution in [0.5, 0.6) is 0 Å². The summed E-state index contributed by atoms with van der Waals surface area (Å²) in [6, 6.07) is 11.7. The Hall–Kier alpha value is -1.61. The van der Waals surface area contributed by atoms with E-state index in [1.54, 1.807) is 0 Å². The number of benzene rings is 2. The zero-order valence-electron chi connectivity index (χ0n) is 10.7. The summed E-state index contributed by atoms with van der Waals surface area (Å²) in [5.41, 5.74) is 1.58. The summed E-state index contributed by atoms with van der Waals surface area (Å²) in [6.07, 6.45) is 1.86. The normalized spacial score (nSPS) is 21.4. The van der Waals surface area contributed by atoms with Crippen molar-refractivity contribution in [3.05, 3.63) is 64.7 Å². The Kier molecular flexibility index (Phi) is 3.62. The Morgan fingerprint density at radius 2 is 1.85 bits per heavy atom. The highest BCUT2D eigenvalue weighted by Crippen LogP contribution is 2.39. The van der Waals surface area contributed by atoms with Crippen LogP contribution in [0.3, 0.4) is 0 Å². The molecular weight excluding hydrogens is 280 g/mol. The van der Waals surface area contributed by atoms with E-state index in [-0.39, 0.29) is 6.04 Å². The molecule has 20 heavy (non-hydrogen) atoms. The fourth-order valence-corrected chi connectivity index (χ4v) is 2.79. The summed E-state index contributed by atoms with van der Waals surface area (Å²) >= 11 is 5.97. The first-order chi connectivity index (χ1) is 9.61. The third-order valence-corrected chi connectivity index (χ3v) is 3.98. The lowest BCUT2D eigenvalue weighted by molar-refractivity contribution is 0.373. The number of hydrogen-bond acceptors (Lipinski definition) is 1. The minimum Gasteiger partial charge on any atom is -0.380 e. The standard InChI is InChI=1S/C16H14ClF2N/c17-12-3-1-2-10(6-12)11-7-14(8-11)20-16-5-4-13(18)9-15(16)19/h1-6,9,11,14,20H,7-8H2. The topological polar surface area (TPSA) is 12.0 Å². The first-order valence-electron chi connectivity index (χ1n) is 6.59. The molecule has 1 aliphatic rings. The molecule has 1 fully saturated rings. The maximum Gasteiger partial charge on any atom is 0.149 e. The van der Waals surface area contributed by atoms with Crippen molar-refractivity contribution >= 4 is 17.3 Å². The Bertz CT molecular complexity index is 624. The first-order valence-corrected chi connectivity index (χ1v) is 6.96. The molecule has 0 amide bonds. The number of nitrogens with one attached hydrogen (secondary N) is 1. The molecule has 4 heteroatoms. The van der Waals surface area contributed by atoms with E-state index in [2.05, 4.69) is 11.4 Å². The maximum atomic E-state index is 13.5. The summed E-state index contributed by atoms with van der Waals surface area (Å²) in [7, 11) is 0. The zero-order chi connectivity index (χ0) is 14.1. The monoisotopic (exact) mass is 293 g/mol. The second kappa shape index (κ2) is 5.41. The quantitative estimate of drug-likeness (QED) is 0.842. The number of hydrogen-bond donors (Lipinski definition) is 1. The van der Waals surface area contributed by atoms with Gasteiger partial charge in [0, 0.05) is 17.1 Å². The Labute approximate surface area is 121 Å². The summed E-state index contributed by atoms with van der Waals surface area (Å²) < 4.78 is 26.3. The highest BCUT2D eigenvalue weighted by Gasteiger charge is 2.30. The SMILES string of the molecule is Fc1ccc(NC2CC(c3cccc(Cl)c3)C2)c(F)c1. The van der Waals surface area contributed by atoms with Gasteiger partial charge in [-0.05, 0) is 48.6 Å². The van der Waals surface area contributed by atoms with Crippen molar-refractivity contribution in [2.75, 3.05) is 5.32 Å². The average molecular weight is 294 g/mol. The predicted molar refractivity (Wildman–Crippen MR) is 77.2 cm³/mol. The average Bonchev–Trinajstić information content (AvgIpc) is 2.35. The molecule has 0 bridgehead atoms. The highest BCUT2D eigenvalue weighted by molar-refractivity contribution is 6.30. The molecule has 0 atom stereocenters. The van der Waals surface area contributed by atoms with Crippen molar-refractivity contribution in [3.63, 3.8) is 0 Å². The molecule has 1 nitrogen and oxygen atoms in total. The molecule has 0 aromatic heterocycles. The van der Waals surface area contributed by atoms with Crippen molar-refractivity contribution in [2.24, 2.45) is 0 Å².